The first-order valence-electron chi connectivity index (χ1n) is 11.0. The topological polar surface area (TPSA) is 96.5 Å². The van der Waals surface area contributed by atoms with Gasteiger partial charge in [0, 0.05) is 0 Å². The van der Waals surface area contributed by atoms with Crippen LogP contribution < -0.4 is 10.3 Å². The number of nitrogens with zero attached hydrogens (tertiary/aromatic N) is 5. The molecule has 0 atom stereocenters. The van der Waals surface area contributed by atoms with Crippen molar-refractivity contribution >= 4 is 22.7 Å². The van der Waals surface area contributed by atoms with Crippen molar-refractivity contribution in [2.45, 2.75) is 20.8 Å². The van der Waals surface area contributed by atoms with E-state index in [1.807, 2.05) is 54.6 Å². The van der Waals surface area contributed by atoms with Crippen molar-refractivity contribution in [1.29, 1.82) is 0 Å². The third-order valence-corrected chi connectivity index (χ3v) is 4.87. The molecular formula is C26H26N6O2. The smallest absolute Gasteiger partial charge is 0.299 e. The van der Waals surface area contributed by atoms with Gasteiger partial charge in [-0.3, -0.25) is 9.89 Å². The standard InChI is InChI=1S/C26H26N6O2/c1-18(2)17-34-24-15-13-23(14-16-24)32-26(33)25(19(3)31-32)30-29-22-11-9-21(10-12-22)28-27-20-7-5-4-6-8-20/h4-16,18,31H,17H2,1-3H3. The van der Waals surface area contributed by atoms with Crippen LogP contribution in [-0.2, 0) is 0 Å². The highest BCUT2D eigenvalue weighted by Gasteiger charge is 2.12. The van der Waals surface area contributed by atoms with Crippen molar-refractivity contribution in [3.63, 3.8) is 0 Å². The number of hydrogen-bond donors (Lipinski definition) is 1. The Morgan fingerprint density at radius 3 is 1.94 bits per heavy atom. The van der Waals surface area contributed by atoms with E-state index >= 15 is 0 Å². The Bertz CT molecular complexity index is 1340. The molecule has 1 heterocycles. The molecule has 8 nitrogen and oxygen atoms in total. The van der Waals surface area contributed by atoms with Crippen LogP contribution in [0.25, 0.3) is 5.69 Å². The molecule has 4 rings (SSSR count). The lowest BCUT2D eigenvalue weighted by Gasteiger charge is -2.09. The Balaban J connectivity index is 1.46. The van der Waals surface area contributed by atoms with E-state index in [1.54, 1.807) is 31.2 Å². The van der Waals surface area contributed by atoms with Crippen LogP contribution in [0.15, 0.2) is 104 Å². The largest absolute Gasteiger partial charge is 0.493 e. The first-order chi connectivity index (χ1) is 16.5. The molecule has 0 spiro atoms. The monoisotopic (exact) mass is 454 g/mol. The summed E-state index contributed by atoms with van der Waals surface area (Å²) in [7, 11) is 0. The van der Waals surface area contributed by atoms with Crippen molar-refractivity contribution in [3.05, 3.63) is 94.9 Å². The zero-order valence-electron chi connectivity index (χ0n) is 19.3. The molecular weight excluding hydrogens is 428 g/mol. The number of hydrogen-bond acceptors (Lipinski definition) is 6. The predicted octanol–water partition coefficient (Wildman–Crippen LogP) is 7.34. The minimum absolute atomic E-state index is 0.257. The number of aromatic amines is 1. The van der Waals surface area contributed by atoms with Crippen molar-refractivity contribution in [2.24, 2.45) is 26.4 Å². The van der Waals surface area contributed by atoms with Crippen molar-refractivity contribution in [2.75, 3.05) is 6.61 Å². The summed E-state index contributed by atoms with van der Waals surface area (Å²) in [5.41, 5.74) is 3.39. The number of H-pyrrole nitrogens is 1. The number of rotatable bonds is 8. The van der Waals surface area contributed by atoms with Gasteiger partial charge >= 0.3 is 0 Å². The van der Waals surface area contributed by atoms with Gasteiger partial charge in [0.1, 0.15) is 5.75 Å². The molecule has 8 heteroatoms. The number of aryl methyl sites for hydroxylation is 1. The lowest BCUT2D eigenvalue weighted by molar-refractivity contribution is 0.271. The summed E-state index contributed by atoms with van der Waals surface area (Å²) in [6, 6.07) is 24.0. The van der Waals surface area contributed by atoms with Gasteiger partial charge in [-0.1, -0.05) is 32.0 Å². The van der Waals surface area contributed by atoms with Crippen LogP contribution in [0, 0.1) is 12.8 Å². The summed E-state index contributed by atoms with van der Waals surface area (Å²) >= 11 is 0. The summed E-state index contributed by atoms with van der Waals surface area (Å²) < 4.78 is 7.15. The highest BCUT2D eigenvalue weighted by molar-refractivity contribution is 5.49. The van der Waals surface area contributed by atoms with Crippen LogP contribution in [0.5, 0.6) is 5.75 Å². The molecule has 0 unspecified atom stereocenters. The number of nitrogens with one attached hydrogen (secondary N) is 1. The van der Waals surface area contributed by atoms with E-state index in [4.69, 9.17) is 4.74 Å². The van der Waals surface area contributed by atoms with Gasteiger partial charge in [-0.25, -0.2) is 4.68 Å². The van der Waals surface area contributed by atoms with Gasteiger partial charge in [0.25, 0.3) is 5.56 Å². The fraction of sp³-hybridized carbons (Fsp3) is 0.192. The lowest BCUT2D eigenvalue weighted by atomic mass is 10.2. The molecule has 1 N–H and O–H groups in total. The van der Waals surface area contributed by atoms with Crippen LogP contribution in [-0.4, -0.2) is 16.4 Å². The minimum atomic E-state index is -0.273. The van der Waals surface area contributed by atoms with E-state index in [2.05, 4.69) is 39.4 Å². The molecule has 0 saturated heterocycles. The Morgan fingerprint density at radius 1 is 0.794 bits per heavy atom. The van der Waals surface area contributed by atoms with Gasteiger partial charge in [0.2, 0.25) is 0 Å². The van der Waals surface area contributed by atoms with Crippen molar-refractivity contribution in [3.8, 4) is 11.4 Å². The molecule has 172 valence electrons. The maximum atomic E-state index is 12.9. The first-order valence-corrected chi connectivity index (χ1v) is 11.0. The molecule has 0 bridgehead atoms. The average molecular weight is 455 g/mol. The maximum absolute atomic E-state index is 12.9. The van der Waals surface area contributed by atoms with Gasteiger partial charge in [-0.2, -0.15) is 15.3 Å². The lowest BCUT2D eigenvalue weighted by Crippen LogP contribution is -2.14. The summed E-state index contributed by atoms with van der Waals surface area (Å²) in [5.74, 6) is 1.21. The van der Waals surface area contributed by atoms with Gasteiger partial charge in [-0.05, 0) is 73.5 Å². The fourth-order valence-corrected chi connectivity index (χ4v) is 3.10. The second-order valence-corrected chi connectivity index (χ2v) is 8.18. The first kappa shape index (κ1) is 22.8. The van der Waals surface area contributed by atoms with Crippen molar-refractivity contribution < 1.29 is 4.74 Å². The van der Waals surface area contributed by atoms with E-state index in [1.165, 1.54) is 4.68 Å². The molecule has 0 radical (unpaired) electrons. The highest BCUT2D eigenvalue weighted by Crippen LogP contribution is 2.24. The summed E-state index contributed by atoms with van der Waals surface area (Å²) in [5, 5.41) is 19.9. The molecule has 0 aliphatic rings. The average Bonchev–Trinajstić information content (AvgIpc) is 3.14. The fourth-order valence-electron chi connectivity index (χ4n) is 3.10. The second-order valence-electron chi connectivity index (χ2n) is 8.18. The zero-order chi connectivity index (χ0) is 23.9. The van der Waals surface area contributed by atoms with Crippen molar-refractivity contribution in [1.82, 2.24) is 9.78 Å². The molecule has 34 heavy (non-hydrogen) atoms. The summed E-state index contributed by atoms with van der Waals surface area (Å²) in [6.45, 7) is 6.62. The predicted molar refractivity (Wildman–Crippen MR) is 133 cm³/mol. The number of benzene rings is 3. The molecule has 0 fully saturated rings. The molecule has 0 amide bonds. The Kier molecular flexibility index (Phi) is 7.07. The normalized spacial score (nSPS) is 11.6. The molecule has 4 aromatic rings. The van der Waals surface area contributed by atoms with E-state index < -0.39 is 0 Å². The SMILES string of the molecule is Cc1[nH]n(-c2ccc(OCC(C)C)cc2)c(=O)c1N=Nc1ccc(N=Nc2ccccc2)cc1. The van der Waals surface area contributed by atoms with Crippen LogP contribution in [0.3, 0.4) is 0 Å². The Labute approximate surface area is 197 Å². The zero-order valence-corrected chi connectivity index (χ0v) is 19.3. The van der Waals surface area contributed by atoms with Gasteiger partial charge in [0.15, 0.2) is 5.69 Å². The molecule has 3 aromatic carbocycles. The minimum Gasteiger partial charge on any atom is -0.493 e. The molecule has 1 aromatic heterocycles. The number of aromatic nitrogens is 2. The highest BCUT2D eigenvalue weighted by atomic mass is 16.5. The Hall–Kier alpha value is -4.33. The third kappa shape index (κ3) is 5.72. The van der Waals surface area contributed by atoms with E-state index in [9.17, 15) is 4.79 Å². The van der Waals surface area contributed by atoms with Gasteiger partial charge in [-0.15, -0.1) is 5.11 Å². The van der Waals surface area contributed by atoms with E-state index in [-0.39, 0.29) is 11.2 Å². The molecule has 0 aliphatic heterocycles. The summed E-state index contributed by atoms with van der Waals surface area (Å²) in [4.78, 5) is 12.9. The van der Waals surface area contributed by atoms with E-state index in [0.717, 1.165) is 11.4 Å². The molecule has 0 saturated carbocycles. The number of azo groups is 2. The van der Waals surface area contributed by atoms with Gasteiger partial charge < -0.3 is 4.74 Å². The third-order valence-electron chi connectivity index (χ3n) is 4.87. The van der Waals surface area contributed by atoms with Crippen LogP contribution >= 0.6 is 0 Å². The summed E-state index contributed by atoms with van der Waals surface area (Å²) in [6.07, 6.45) is 0. The molecule has 0 aliphatic carbocycles. The van der Waals surface area contributed by atoms with Crippen LogP contribution in [0.2, 0.25) is 0 Å². The van der Waals surface area contributed by atoms with E-state index in [0.29, 0.717) is 35.3 Å². The Morgan fingerprint density at radius 2 is 1.35 bits per heavy atom. The number of ether oxygens (including phenoxy) is 1. The maximum Gasteiger partial charge on any atom is 0.299 e. The van der Waals surface area contributed by atoms with Crippen LogP contribution in [0.1, 0.15) is 19.5 Å². The van der Waals surface area contributed by atoms with Gasteiger partial charge in [0.05, 0.1) is 35.1 Å². The van der Waals surface area contributed by atoms with Crippen LogP contribution in [0.4, 0.5) is 22.7 Å². The second kappa shape index (κ2) is 10.5. The quantitative estimate of drug-likeness (QED) is 0.282.